The third-order valence-corrected chi connectivity index (χ3v) is 5.59. The highest BCUT2D eigenvalue weighted by atomic mass is 127. The number of halogens is 1. The summed E-state index contributed by atoms with van der Waals surface area (Å²) in [5.41, 5.74) is 1.43. The minimum Gasteiger partial charge on any atom is -0.357 e. The van der Waals surface area contributed by atoms with Gasteiger partial charge in [0.05, 0.1) is 12.0 Å². The SMILES string of the molecule is CCNC(=NCC1(C(=O)N(C)C)CCCC1)NCCc1cccc(C(=O)N(C)C)c1.I. The fourth-order valence-electron chi connectivity index (χ4n) is 3.98. The molecule has 1 saturated carbocycles. The maximum atomic E-state index is 12.8. The van der Waals surface area contributed by atoms with Crippen molar-refractivity contribution < 1.29 is 9.59 Å². The molecule has 174 valence electrons. The van der Waals surface area contributed by atoms with E-state index in [1.165, 1.54) is 0 Å². The summed E-state index contributed by atoms with van der Waals surface area (Å²) in [7, 11) is 7.16. The number of aliphatic imine (C=N–C) groups is 1. The number of guanidine groups is 1. The Kier molecular flexibility index (Phi) is 11.3. The maximum Gasteiger partial charge on any atom is 0.253 e. The van der Waals surface area contributed by atoms with E-state index in [1.54, 1.807) is 23.9 Å². The van der Waals surface area contributed by atoms with E-state index in [-0.39, 0.29) is 41.2 Å². The van der Waals surface area contributed by atoms with Gasteiger partial charge in [0.15, 0.2) is 5.96 Å². The van der Waals surface area contributed by atoms with Crippen molar-refractivity contribution in [3.05, 3.63) is 35.4 Å². The number of nitrogens with one attached hydrogen (secondary N) is 2. The molecule has 0 unspecified atom stereocenters. The Morgan fingerprint density at radius 3 is 2.32 bits per heavy atom. The van der Waals surface area contributed by atoms with Gasteiger partial charge in [-0.2, -0.15) is 0 Å². The van der Waals surface area contributed by atoms with Crippen molar-refractivity contribution in [2.24, 2.45) is 10.4 Å². The molecule has 2 N–H and O–H groups in total. The third kappa shape index (κ3) is 7.66. The average Bonchev–Trinajstić information content (AvgIpc) is 3.21. The lowest BCUT2D eigenvalue weighted by atomic mass is 9.85. The van der Waals surface area contributed by atoms with Gasteiger partial charge in [-0.15, -0.1) is 24.0 Å². The lowest BCUT2D eigenvalue weighted by Gasteiger charge is -2.29. The molecular formula is C23H38IN5O2. The van der Waals surface area contributed by atoms with Gasteiger partial charge < -0.3 is 20.4 Å². The van der Waals surface area contributed by atoms with E-state index in [1.807, 2.05) is 45.3 Å². The highest BCUT2D eigenvalue weighted by Crippen LogP contribution is 2.39. The molecule has 1 aliphatic rings. The van der Waals surface area contributed by atoms with E-state index < -0.39 is 0 Å². The van der Waals surface area contributed by atoms with Gasteiger partial charge in [0.25, 0.3) is 5.91 Å². The fourth-order valence-corrected chi connectivity index (χ4v) is 3.98. The monoisotopic (exact) mass is 543 g/mol. The molecule has 0 heterocycles. The molecule has 0 aromatic heterocycles. The van der Waals surface area contributed by atoms with Crippen LogP contribution in [-0.4, -0.2) is 75.4 Å². The Morgan fingerprint density at radius 2 is 1.74 bits per heavy atom. The van der Waals surface area contributed by atoms with Crippen molar-refractivity contribution in [3.63, 3.8) is 0 Å². The standard InChI is InChI=1S/C23H37N5O2.HI/c1-6-24-22(26-17-23(13-7-8-14-23)21(30)28(4)5)25-15-12-18-10-9-11-19(16-18)20(29)27(2)3;/h9-11,16H,6-8,12-15,17H2,1-5H3,(H2,24,25,26);1H. The quantitative estimate of drug-likeness (QED) is 0.301. The first-order valence-electron chi connectivity index (χ1n) is 10.8. The molecule has 8 heteroatoms. The topological polar surface area (TPSA) is 77.0 Å². The molecule has 1 aromatic carbocycles. The lowest BCUT2D eigenvalue weighted by Crippen LogP contribution is -2.43. The highest BCUT2D eigenvalue weighted by Gasteiger charge is 2.42. The van der Waals surface area contributed by atoms with Crippen LogP contribution < -0.4 is 10.6 Å². The average molecular weight is 543 g/mol. The van der Waals surface area contributed by atoms with Crippen LogP contribution in [0.25, 0.3) is 0 Å². The number of hydrogen-bond donors (Lipinski definition) is 2. The molecule has 0 saturated heterocycles. The molecule has 0 aliphatic heterocycles. The molecule has 31 heavy (non-hydrogen) atoms. The van der Waals surface area contributed by atoms with Crippen LogP contribution in [0.3, 0.4) is 0 Å². The predicted octanol–water partition coefficient (Wildman–Crippen LogP) is 2.75. The van der Waals surface area contributed by atoms with Crippen molar-refractivity contribution in [2.45, 2.75) is 39.0 Å². The first-order chi connectivity index (χ1) is 14.3. The van der Waals surface area contributed by atoms with Gasteiger partial charge in [-0.05, 0) is 43.9 Å². The summed E-state index contributed by atoms with van der Waals surface area (Å²) >= 11 is 0. The normalized spacial score (nSPS) is 15.1. The van der Waals surface area contributed by atoms with Gasteiger partial charge in [0.2, 0.25) is 5.91 Å². The van der Waals surface area contributed by atoms with Crippen molar-refractivity contribution in [3.8, 4) is 0 Å². The second-order valence-electron chi connectivity index (χ2n) is 8.46. The van der Waals surface area contributed by atoms with E-state index in [4.69, 9.17) is 4.99 Å². The van der Waals surface area contributed by atoms with Crippen LogP contribution in [0.15, 0.2) is 29.3 Å². The van der Waals surface area contributed by atoms with E-state index in [2.05, 4.69) is 10.6 Å². The maximum absolute atomic E-state index is 12.8. The highest BCUT2D eigenvalue weighted by molar-refractivity contribution is 14.0. The number of rotatable bonds is 8. The van der Waals surface area contributed by atoms with Crippen molar-refractivity contribution in [1.29, 1.82) is 0 Å². The smallest absolute Gasteiger partial charge is 0.253 e. The summed E-state index contributed by atoms with van der Waals surface area (Å²) in [5, 5.41) is 6.64. The number of carbonyl (C=O) groups excluding carboxylic acids is 2. The molecule has 2 amide bonds. The molecule has 0 radical (unpaired) electrons. The minimum atomic E-state index is -0.368. The van der Waals surface area contributed by atoms with Gasteiger partial charge in [0.1, 0.15) is 0 Å². The third-order valence-electron chi connectivity index (χ3n) is 5.59. The Balaban J connectivity index is 0.00000480. The number of nitrogens with zero attached hydrogens (tertiary/aromatic N) is 3. The Hall–Kier alpha value is -1.84. The molecule has 0 bridgehead atoms. The van der Waals surface area contributed by atoms with Gasteiger partial charge in [-0.25, -0.2) is 0 Å². The fraction of sp³-hybridized carbons (Fsp3) is 0.609. The predicted molar refractivity (Wildman–Crippen MR) is 137 cm³/mol. The zero-order valence-electron chi connectivity index (χ0n) is 19.5. The van der Waals surface area contributed by atoms with E-state index in [0.29, 0.717) is 18.7 Å². The van der Waals surface area contributed by atoms with Crippen molar-refractivity contribution >= 4 is 41.8 Å². The molecule has 7 nitrogen and oxygen atoms in total. The van der Waals surface area contributed by atoms with Crippen LogP contribution in [-0.2, 0) is 11.2 Å². The molecule has 2 rings (SSSR count). The first kappa shape index (κ1) is 27.2. The summed E-state index contributed by atoms with van der Waals surface area (Å²) in [6, 6.07) is 7.73. The van der Waals surface area contributed by atoms with E-state index >= 15 is 0 Å². The van der Waals surface area contributed by atoms with Gasteiger partial charge >= 0.3 is 0 Å². The second-order valence-corrected chi connectivity index (χ2v) is 8.46. The summed E-state index contributed by atoms with van der Waals surface area (Å²) in [6.45, 7) is 3.99. The minimum absolute atomic E-state index is 0. The summed E-state index contributed by atoms with van der Waals surface area (Å²) in [5.74, 6) is 0.921. The number of carbonyl (C=O) groups is 2. The van der Waals surface area contributed by atoms with Crippen LogP contribution in [0.5, 0.6) is 0 Å². The molecule has 1 aliphatic carbocycles. The van der Waals surface area contributed by atoms with E-state index in [0.717, 1.165) is 50.2 Å². The first-order valence-corrected chi connectivity index (χ1v) is 10.8. The number of benzene rings is 1. The molecule has 0 atom stereocenters. The van der Waals surface area contributed by atoms with Crippen LogP contribution in [0.2, 0.25) is 0 Å². The van der Waals surface area contributed by atoms with Gasteiger partial charge in [0, 0.05) is 46.8 Å². The summed E-state index contributed by atoms with van der Waals surface area (Å²) in [6.07, 6.45) is 4.75. The van der Waals surface area contributed by atoms with E-state index in [9.17, 15) is 9.59 Å². The lowest BCUT2D eigenvalue weighted by molar-refractivity contribution is -0.138. The Morgan fingerprint density at radius 1 is 1.06 bits per heavy atom. The summed E-state index contributed by atoms with van der Waals surface area (Å²) < 4.78 is 0. The zero-order valence-corrected chi connectivity index (χ0v) is 21.9. The Labute approximate surface area is 204 Å². The van der Waals surface area contributed by atoms with Crippen LogP contribution >= 0.6 is 24.0 Å². The number of amides is 2. The molecule has 0 spiro atoms. The molecule has 1 fully saturated rings. The van der Waals surface area contributed by atoms with Crippen LogP contribution in [0, 0.1) is 5.41 Å². The van der Waals surface area contributed by atoms with Gasteiger partial charge in [-0.1, -0.05) is 25.0 Å². The van der Waals surface area contributed by atoms with Crippen molar-refractivity contribution in [2.75, 3.05) is 47.8 Å². The zero-order chi connectivity index (χ0) is 22.1. The van der Waals surface area contributed by atoms with Crippen LogP contribution in [0.1, 0.15) is 48.5 Å². The summed E-state index contributed by atoms with van der Waals surface area (Å²) in [4.78, 5) is 33.0. The largest absolute Gasteiger partial charge is 0.357 e. The Bertz CT molecular complexity index is 758. The second kappa shape index (κ2) is 12.9. The molecule has 1 aromatic rings. The van der Waals surface area contributed by atoms with Crippen molar-refractivity contribution in [1.82, 2.24) is 20.4 Å². The van der Waals surface area contributed by atoms with Crippen LogP contribution in [0.4, 0.5) is 0 Å². The molecular weight excluding hydrogens is 505 g/mol. The van der Waals surface area contributed by atoms with Gasteiger partial charge in [-0.3, -0.25) is 14.6 Å². The number of hydrogen-bond acceptors (Lipinski definition) is 3.